The van der Waals surface area contributed by atoms with Crippen LogP contribution < -0.4 is 9.64 Å². The minimum Gasteiger partial charge on any atom is -0.491 e. The van der Waals surface area contributed by atoms with Gasteiger partial charge >= 0.3 is 0 Å². The average Bonchev–Trinajstić information content (AvgIpc) is 2.50. The highest BCUT2D eigenvalue weighted by Crippen LogP contribution is 2.11. The lowest BCUT2D eigenvalue weighted by Gasteiger charge is -2.32. The van der Waals surface area contributed by atoms with Gasteiger partial charge in [-0.3, -0.25) is 0 Å². The Morgan fingerprint density at radius 1 is 1.14 bits per heavy atom. The first kappa shape index (κ1) is 16.8. The molecule has 1 saturated heterocycles. The van der Waals surface area contributed by atoms with Gasteiger partial charge < -0.3 is 19.1 Å². The van der Waals surface area contributed by atoms with Gasteiger partial charge in [0, 0.05) is 0 Å². The minimum atomic E-state index is 0.332. The third-order valence-electron chi connectivity index (χ3n) is 3.70. The first-order chi connectivity index (χ1) is 10.7. The van der Waals surface area contributed by atoms with E-state index in [1.165, 1.54) is 0 Å². The zero-order chi connectivity index (χ0) is 15.8. The van der Waals surface area contributed by atoms with Gasteiger partial charge in [0.25, 0.3) is 0 Å². The average molecular weight is 305 g/mol. The highest BCUT2D eigenvalue weighted by Gasteiger charge is 2.24. The molecule has 2 rings (SSSR count). The number of hydrogen-bond donors (Lipinski definition) is 1. The van der Waals surface area contributed by atoms with Gasteiger partial charge in [-0.1, -0.05) is 0 Å². The molecule has 1 aromatic carbocycles. The normalized spacial score (nSPS) is 24.7. The predicted octanol–water partition coefficient (Wildman–Crippen LogP) is 0.646. The molecule has 1 fully saturated rings. The van der Waals surface area contributed by atoms with E-state index >= 15 is 0 Å². The Labute approximate surface area is 132 Å². The molecule has 0 spiro atoms. The Bertz CT molecular complexity index is 474. The van der Waals surface area contributed by atoms with Gasteiger partial charge in [-0.15, -0.1) is 0 Å². The predicted molar refractivity (Wildman–Crippen MR) is 83.0 cm³/mol. The van der Waals surface area contributed by atoms with Crippen LogP contribution in [0.1, 0.15) is 19.4 Å². The van der Waals surface area contributed by atoms with E-state index in [4.69, 9.17) is 19.5 Å². The molecule has 5 nitrogen and oxygen atoms in total. The third kappa shape index (κ3) is 5.64. The fourth-order valence-electron chi connectivity index (χ4n) is 2.76. The zero-order valence-electron chi connectivity index (χ0n) is 13.4. The van der Waals surface area contributed by atoms with Crippen LogP contribution in [-0.2, 0) is 9.47 Å². The minimum absolute atomic E-state index is 0.332. The summed E-state index contributed by atoms with van der Waals surface area (Å²) in [7, 11) is 0. The molecule has 0 bridgehead atoms. The van der Waals surface area contributed by atoms with Gasteiger partial charge in [-0.25, -0.2) is 0 Å². The van der Waals surface area contributed by atoms with E-state index in [1.807, 2.05) is 0 Å². The summed E-state index contributed by atoms with van der Waals surface area (Å²) in [4.78, 5) is 1.54. The summed E-state index contributed by atoms with van der Waals surface area (Å²) < 4.78 is 16.9. The molecule has 1 aliphatic rings. The molecule has 0 amide bonds. The van der Waals surface area contributed by atoms with Crippen molar-refractivity contribution in [1.82, 2.24) is 0 Å². The smallest absolute Gasteiger partial charge is 0.119 e. The Hall–Kier alpha value is -1.61. The van der Waals surface area contributed by atoms with Gasteiger partial charge in [0.2, 0.25) is 0 Å². The number of hydrogen-bond acceptors (Lipinski definition) is 4. The fraction of sp³-hybridized carbons (Fsp3) is 0.588. The molecule has 1 aromatic rings. The maximum Gasteiger partial charge on any atom is 0.119 e. The number of quaternary nitrogens is 1. The molecule has 0 radical (unpaired) electrons. The third-order valence-corrected chi connectivity index (χ3v) is 3.70. The van der Waals surface area contributed by atoms with Crippen molar-refractivity contribution < 1.29 is 19.1 Å². The van der Waals surface area contributed by atoms with Crippen molar-refractivity contribution in [2.75, 3.05) is 39.5 Å². The van der Waals surface area contributed by atoms with E-state index in [1.54, 1.807) is 29.2 Å². The van der Waals surface area contributed by atoms with Crippen LogP contribution in [-0.4, -0.2) is 51.7 Å². The monoisotopic (exact) mass is 305 g/mol. The Morgan fingerprint density at radius 2 is 1.82 bits per heavy atom. The van der Waals surface area contributed by atoms with Crippen LogP contribution in [0.15, 0.2) is 24.3 Å². The van der Waals surface area contributed by atoms with Crippen LogP contribution >= 0.6 is 0 Å². The summed E-state index contributed by atoms with van der Waals surface area (Å²) in [5.74, 6) is 0.768. The number of nitrogens with zero attached hydrogens (tertiary/aromatic N) is 1. The van der Waals surface area contributed by atoms with Gasteiger partial charge in [-0.2, -0.15) is 5.26 Å². The topological polar surface area (TPSA) is 55.9 Å². The molecule has 0 aliphatic carbocycles. The van der Waals surface area contributed by atoms with Crippen LogP contribution in [0, 0.1) is 11.3 Å². The standard InChI is InChI=1S/C17H24N2O3/c1-14-12-19(13-15(2)22-14)7-8-20-9-10-21-17-5-3-16(11-18)4-6-17/h3-6,14-15H,7-10,12-13H2,1-2H3/p+1/t14-,15-/m1/s1. The first-order valence-corrected chi connectivity index (χ1v) is 7.87. The summed E-state index contributed by atoms with van der Waals surface area (Å²) >= 11 is 0. The largest absolute Gasteiger partial charge is 0.491 e. The van der Waals surface area contributed by atoms with Gasteiger partial charge in [-0.05, 0) is 38.1 Å². The molecule has 2 atom stereocenters. The van der Waals surface area contributed by atoms with Crippen LogP contribution in [0.3, 0.4) is 0 Å². The summed E-state index contributed by atoms with van der Waals surface area (Å²) in [6.45, 7) is 9.21. The van der Waals surface area contributed by atoms with E-state index < -0.39 is 0 Å². The molecule has 22 heavy (non-hydrogen) atoms. The fourth-order valence-corrected chi connectivity index (χ4v) is 2.76. The molecule has 0 unspecified atom stereocenters. The van der Waals surface area contributed by atoms with E-state index in [-0.39, 0.29) is 0 Å². The maximum atomic E-state index is 8.72. The number of rotatable bonds is 7. The number of nitrogens with one attached hydrogen (secondary N) is 1. The van der Waals surface area contributed by atoms with Crippen molar-refractivity contribution in [3.63, 3.8) is 0 Å². The van der Waals surface area contributed by atoms with Crippen molar-refractivity contribution in [3.05, 3.63) is 29.8 Å². The van der Waals surface area contributed by atoms with Gasteiger partial charge in [0.05, 0.1) is 24.8 Å². The second-order valence-electron chi connectivity index (χ2n) is 5.76. The molecule has 120 valence electrons. The van der Waals surface area contributed by atoms with Crippen LogP contribution in [0.4, 0.5) is 0 Å². The van der Waals surface area contributed by atoms with Crippen molar-refractivity contribution in [3.8, 4) is 11.8 Å². The van der Waals surface area contributed by atoms with Crippen molar-refractivity contribution in [1.29, 1.82) is 5.26 Å². The summed E-state index contributed by atoms with van der Waals surface area (Å²) in [6.07, 6.45) is 0.664. The van der Waals surface area contributed by atoms with Gasteiger partial charge in [0.15, 0.2) is 0 Å². The van der Waals surface area contributed by atoms with Crippen LogP contribution in [0.5, 0.6) is 5.75 Å². The second kappa shape index (κ2) is 8.74. The van der Waals surface area contributed by atoms with Crippen molar-refractivity contribution in [2.45, 2.75) is 26.1 Å². The van der Waals surface area contributed by atoms with E-state index in [9.17, 15) is 0 Å². The lowest BCUT2D eigenvalue weighted by atomic mass is 10.2. The van der Waals surface area contributed by atoms with Crippen molar-refractivity contribution >= 4 is 0 Å². The molecule has 5 heteroatoms. The summed E-state index contributed by atoms with van der Waals surface area (Å²) in [6, 6.07) is 9.19. The lowest BCUT2D eigenvalue weighted by molar-refractivity contribution is -0.915. The molecule has 1 aliphatic heterocycles. The quantitative estimate of drug-likeness (QED) is 0.752. The number of benzene rings is 1. The Kier molecular flexibility index (Phi) is 6.66. The zero-order valence-corrected chi connectivity index (χ0v) is 13.4. The molecule has 0 aromatic heterocycles. The molecular formula is C17H25N2O3+. The first-order valence-electron chi connectivity index (χ1n) is 7.87. The summed E-state index contributed by atoms with van der Waals surface area (Å²) in [5, 5.41) is 8.72. The van der Waals surface area contributed by atoms with Crippen molar-refractivity contribution in [2.24, 2.45) is 0 Å². The highest BCUT2D eigenvalue weighted by atomic mass is 16.5. The number of nitriles is 1. The Balaban J connectivity index is 1.54. The van der Waals surface area contributed by atoms with Gasteiger partial charge in [0.1, 0.15) is 44.2 Å². The Morgan fingerprint density at radius 3 is 2.45 bits per heavy atom. The molecular weight excluding hydrogens is 280 g/mol. The SMILES string of the molecule is C[C@@H]1C[NH+](CCOCCOc2ccc(C#N)cc2)C[C@@H](C)O1. The van der Waals surface area contributed by atoms with E-state index in [0.29, 0.717) is 31.0 Å². The number of ether oxygens (including phenoxy) is 3. The lowest BCUT2D eigenvalue weighted by Crippen LogP contribution is -3.15. The van der Waals surface area contributed by atoms with Crippen LogP contribution in [0.25, 0.3) is 0 Å². The summed E-state index contributed by atoms with van der Waals surface area (Å²) in [5.41, 5.74) is 0.639. The second-order valence-corrected chi connectivity index (χ2v) is 5.76. The maximum absolute atomic E-state index is 8.72. The highest BCUT2D eigenvalue weighted by molar-refractivity contribution is 5.34. The van der Waals surface area contributed by atoms with E-state index in [0.717, 1.165) is 32.0 Å². The number of morpholine rings is 1. The molecule has 1 heterocycles. The van der Waals surface area contributed by atoms with Crippen LogP contribution in [0.2, 0.25) is 0 Å². The molecule has 0 saturated carbocycles. The molecule has 1 N–H and O–H groups in total. The van der Waals surface area contributed by atoms with E-state index in [2.05, 4.69) is 19.9 Å².